The fraction of sp³-hybridized carbons (Fsp3) is 0.625. The molecule has 0 aliphatic carbocycles. The maximum absolute atomic E-state index is 13.7. The number of nitrogens with two attached hydrogens (primary N) is 1. The molecule has 2 rings (SSSR count). The van der Waals surface area contributed by atoms with Crippen molar-refractivity contribution in [2.45, 2.75) is 25.9 Å². The van der Waals surface area contributed by atoms with Gasteiger partial charge in [-0.05, 0) is 31.2 Å². The summed E-state index contributed by atoms with van der Waals surface area (Å²) in [7, 11) is 1.46. The molecule has 4 nitrogen and oxygen atoms in total. The van der Waals surface area contributed by atoms with Gasteiger partial charge in [0.1, 0.15) is 0 Å². The zero-order valence-corrected chi connectivity index (χ0v) is 13.2. The molecule has 118 valence electrons. The van der Waals surface area contributed by atoms with Crippen LogP contribution in [0.3, 0.4) is 0 Å². The van der Waals surface area contributed by atoms with Gasteiger partial charge in [-0.2, -0.15) is 0 Å². The number of benzene rings is 1. The van der Waals surface area contributed by atoms with Crippen molar-refractivity contribution in [2.24, 2.45) is 5.73 Å². The summed E-state index contributed by atoms with van der Waals surface area (Å²) < 4.78 is 18.7. The smallest absolute Gasteiger partial charge is 0.165 e. The van der Waals surface area contributed by atoms with E-state index in [1.54, 1.807) is 6.07 Å². The lowest BCUT2D eigenvalue weighted by Gasteiger charge is -2.40. The summed E-state index contributed by atoms with van der Waals surface area (Å²) >= 11 is 0. The van der Waals surface area contributed by atoms with Crippen LogP contribution in [0.15, 0.2) is 18.2 Å². The average Bonchev–Trinajstić information content (AvgIpc) is 2.47. The van der Waals surface area contributed by atoms with Crippen LogP contribution in [-0.2, 0) is 0 Å². The van der Waals surface area contributed by atoms with Crippen LogP contribution in [-0.4, -0.2) is 55.7 Å². The Kier molecular flexibility index (Phi) is 5.56. The summed E-state index contributed by atoms with van der Waals surface area (Å²) in [6.07, 6.45) is 0. The van der Waals surface area contributed by atoms with E-state index < -0.39 is 0 Å². The third kappa shape index (κ3) is 3.93. The van der Waals surface area contributed by atoms with E-state index in [9.17, 15) is 4.39 Å². The Labute approximate surface area is 126 Å². The van der Waals surface area contributed by atoms with Gasteiger partial charge in [0.15, 0.2) is 11.6 Å². The van der Waals surface area contributed by atoms with Crippen LogP contribution in [0.5, 0.6) is 5.75 Å². The molecule has 1 aromatic rings. The Morgan fingerprint density at radius 3 is 2.76 bits per heavy atom. The summed E-state index contributed by atoms with van der Waals surface area (Å²) in [5.74, 6) is -0.0919. The van der Waals surface area contributed by atoms with Crippen molar-refractivity contribution in [2.75, 3.05) is 39.8 Å². The van der Waals surface area contributed by atoms with E-state index in [2.05, 4.69) is 23.6 Å². The third-order valence-electron chi connectivity index (χ3n) is 4.31. The summed E-state index contributed by atoms with van der Waals surface area (Å²) in [6.45, 7) is 9.39. The van der Waals surface area contributed by atoms with E-state index in [0.29, 0.717) is 6.04 Å². The second kappa shape index (κ2) is 7.20. The molecule has 1 fully saturated rings. The summed E-state index contributed by atoms with van der Waals surface area (Å²) in [5.41, 5.74) is 7.05. The van der Waals surface area contributed by atoms with Crippen molar-refractivity contribution >= 4 is 0 Å². The highest BCUT2D eigenvalue weighted by atomic mass is 19.1. The quantitative estimate of drug-likeness (QED) is 0.900. The minimum Gasteiger partial charge on any atom is -0.494 e. The van der Waals surface area contributed by atoms with Crippen molar-refractivity contribution in [3.05, 3.63) is 29.6 Å². The molecule has 0 aromatic heterocycles. The molecule has 1 aliphatic rings. The van der Waals surface area contributed by atoms with Crippen molar-refractivity contribution in [1.82, 2.24) is 9.80 Å². The molecule has 0 spiro atoms. The molecule has 2 atom stereocenters. The first-order valence-electron chi connectivity index (χ1n) is 7.60. The van der Waals surface area contributed by atoms with Gasteiger partial charge < -0.3 is 10.5 Å². The maximum atomic E-state index is 13.7. The van der Waals surface area contributed by atoms with Gasteiger partial charge in [-0.3, -0.25) is 9.80 Å². The molecule has 1 aromatic carbocycles. The lowest BCUT2D eigenvalue weighted by molar-refractivity contribution is 0.0841. The molecule has 5 heteroatoms. The molecule has 21 heavy (non-hydrogen) atoms. The summed E-state index contributed by atoms with van der Waals surface area (Å²) in [4.78, 5) is 4.83. The minimum atomic E-state index is -0.352. The predicted molar refractivity (Wildman–Crippen MR) is 83.0 cm³/mol. The van der Waals surface area contributed by atoms with Gasteiger partial charge >= 0.3 is 0 Å². The number of halogens is 1. The molecule has 1 saturated heterocycles. The van der Waals surface area contributed by atoms with Gasteiger partial charge in [-0.15, -0.1) is 0 Å². The average molecular weight is 295 g/mol. The van der Waals surface area contributed by atoms with Crippen LogP contribution in [0.2, 0.25) is 0 Å². The van der Waals surface area contributed by atoms with Gasteiger partial charge in [0.05, 0.1) is 7.11 Å². The first kappa shape index (κ1) is 16.2. The van der Waals surface area contributed by atoms with Crippen LogP contribution in [0.25, 0.3) is 0 Å². The topological polar surface area (TPSA) is 41.7 Å². The highest BCUT2D eigenvalue weighted by molar-refractivity contribution is 5.31. The number of rotatable bonds is 5. The maximum Gasteiger partial charge on any atom is 0.165 e. The monoisotopic (exact) mass is 295 g/mol. The zero-order chi connectivity index (χ0) is 15.4. The van der Waals surface area contributed by atoms with E-state index >= 15 is 0 Å². The van der Waals surface area contributed by atoms with Crippen LogP contribution in [0.4, 0.5) is 4.39 Å². The summed E-state index contributed by atoms with van der Waals surface area (Å²) in [6, 6.07) is 5.34. The molecule has 0 radical (unpaired) electrons. The Hall–Kier alpha value is -1.17. The number of hydrogen-bond acceptors (Lipinski definition) is 4. The molecular formula is C16H26FN3O. The highest BCUT2D eigenvalue weighted by Gasteiger charge is 2.24. The Morgan fingerprint density at radius 2 is 2.19 bits per heavy atom. The van der Waals surface area contributed by atoms with E-state index in [4.69, 9.17) is 10.5 Å². The molecule has 1 aliphatic heterocycles. The fourth-order valence-corrected chi connectivity index (χ4v) is 3.00. The number of likely N-dealkylation sites (N-methyl/N-ethyl adjacent to an activating group) is 1. The summed E-state index contributed by atoms with van der Waals surface area (Å²) in [5, 5.41) is 0. The minimum absolute atomic E-state index is 0.175. The van der Waals surface area contributed by atoms with Gasteiger partial charge in [0, 0.05) is 38.3 Å². The van der Waals surface area contributed by atoms with Gasteiger partial charge in [0.25, 0.3) is 0 Å². The van der Waals surface area contributed by atoms with E-state index in [0.717, 1.165) is 38.3 Å². The Morgan fingerprint density at radius 1 is 1.43 bits per heavy atom. The van der Waals surface area contributed by atoms with Crippen LogP contribution < -0.4 is 10.5 Å². The number of nitrogens with zero attached hydrogens (tertiary/aromatic N) is 2. The SMILES string of the molecule is CCN1CCN(CC(N)c2ccc(OC)c(F)c2)CC1C. The zero-order valence-electron chi connectivity index (χ0n) is 13.2. The van der Waals surface area contributed by atoms with Crippen molar-refractivity contribution < 1.29 is 9.13 Å². The molecule has 2 unspecified atom stereocenters. The molecular weight excluding hydrogens is 269 g/mol. The van der Waals surface area contributed by atoms with Crippen LogP contribution in [0.1, 0.15) is 25.5 Å². The second-order valence-electron chi connectivity index (χ2n) is 5.74. The van der Waals surface area contributed by atoms with E-state index in [1.807, 2.05) is 6.07 Å². The van der Waals surface area contributed by atoms with E-state index in [-0.39, 0.29) is 17.6 Å². The van der Waals surface area contributed by atoms with Crippen molar-refractivity contribution in [3.63, 3.8) is 0 Å². The highest BCUT2D eigenvalue weighted by Crippen LogP contribution is 2.22. The largest absolute Gasteiger partial charge is 0.494 e. The van der Waals surface area contributed by atoms with Crippen LogP contribution >= 0.6 is 0 Å². The number of hydrogen-bond donors (Lipinski definition) is 1. The number of ether oxygens (including phenoxy) is 1. The molecule has 0 amide bonds. The Balaban J connectivity index is 1.95. The molecule has 1 heterocycles. The normalized spacial score (nSPS) is 22.2. The van der Waals surface area contributed by atoms with Crippen molar-refractivity contribution in [3.8, 4) is 5.75 Å². The van der Waals surface area contributed by atoms with Crippen molar-refractivity contribution in [1.29, 1.82) is 0 Å². The molecule has 0 saturated carbocycles. The van der Waals surface area contributed by atoms with Crippen LogP contribution in [0, 0.1) is 5.82 Å². The Bertz CT molecular complexity index is 469. The standard InChI is InChI=1S/C16H26FN3O/c1-4-20-8-7-19(10-12(20)2)11-15(18)13-5-6-16(21-3)14(17)9-13/h5-6,9,12,15H,4,7-8,10-11,18H2,1-3H3. The first-order valence-corrected chi connectivity index (χ1v) is 7.60. The predicted octanol–water partition coefficient (Wildman–Crippen LogP) is 1.86. The fourth-order valence-electron chi connectivity index (χ4n) is 3.00. The second-order valence-corrected chi connectivity index (χ2v) is 5.74. The van der Waals surface area contributed by atoms with E-state index in [1.165, 1.54) is 13.2 Å². The number of piperazine rings is 1. The number of methoxy groups -OCH3 is 1. The lowest BCUT2D eigenvalue weighted by Crippen LogP contribution is -2.52. The van der Waals surface area contributed by atoms with Gasteiger partial charge in [-0.25, -0.2) is 4.39 Å². The lowest BCUT2D eigenvalue weighted by atomic mass is 10.1. The first-order chi connectivity index (χ1) is 10.0. The van der Waals surface area contributed by atoms with Gasteiger partial charge in [0.2, 0.25) is 0 Å². The molecule has 0 bridgehead atoms. The van der Waals surface area contributed by atoms with Gasteiger partial charge in [-0.1, -0.05) is 13.0 Å². The molecule has 2 N–H and O–H groups in total. The third-order valence-corrected chi connectivity index (χ3v) is 4.31.